The number of rotatable bonds is 6. The molecule has 0 bridgehead atoms. The second-order valence-corrected chi connectivity index (χ2v) is 4.82. The van der Waals surface area contributed by atoms with Crippen molar-refractivity contribution in [3.05, 3.63) is 29.3 Å². The van der Waals surface area contributed by atoms with E-state index in [4.69, 9.17) is 11.6 Å². The number of hydrogen-bond acceptors (Lipinski definition) is 2. The smallest absolute Gasteiger partial charge is 0.0496 e. The van der Waals surface area contributed by atoms with Gasteiger partial charge in [0.25, 0.3) is 0 Å². The predicted octanol–water partition coefficient (Wildman–Crippen LogP) is 3.57. The molecule has 0 atom stereocenters. The van der Waals surface area contributed by atoms with Crippen LogP contribution < -0.4 is 0 Å². The molecule has 15 heavy (non-hydrogen) atoms. The van der Waals surface area contributed by atoms with E-state index >= 15 is 0 Å². The van der Waals surface area contributed by atoms with Gasteiger partial charge in [-0.2, -0.15) is 0 Å². The zero-order valence-corrected chi connectivity index (χ0v) is 10.9. The van der Waals surface area contributed by atoms with Crippen LogP contribution in [0.2, 0.25) is 5.02 Å². The maximum absolute atomic E-state index is 5.86. The Balaban J connectivity index is 2.31. The van der Waals surface area contributed by atoms with Gasteiger partial charge in [-0.1, -0.05) is 31.5 Å². The Morgan fingerprint density at radius 1 is 1.40 bits per heavy atom. The molecule has 1 rings (SSSR count). The lowest BCUT2D eigenvalue weighted by molar-refractivity contribution is 0.324. The molecule has 0 aromatic heterocycles. The predicted molar refractivity (Wildman–Crippen MR) is 68.8 cm³/mol. The molecule has 0 aliphatic heterocycles. The molecule has 0 fully saturated rings. The molecule has 0 N–H and O–H groups in total. The standard InChI is InChI=1S/C12H17ClNS/c1-3-14(4-2)8-9-15-12-7-5-6-11(13)10-12/h5,7,10H,3-4,8-9H2,1-2H3. The summed E-state index contributed by atoms with van der Waals surface area (Å²) in [4.78, 5) is 3.65. The summed E-state index contributed by atoms with van der Waals surface area (Å²) in [6, 6.07) is 8.83. The van der Waals surface area contributed by atoms with E-state index in [2.05, 4.69) is 30.9 Å². The number of nitrogens with zero attached hydrogens (tertiary/aromatic N) is 1. The summed E-state index contributed by atoms with van der Waals surface area (Å²) in [7, 11) is 0. The van der Waals surface area contributed by atoms with Gasteiger partial charge in [0.15, 0.2) is 0 Å². The fraction of sp³-hybridized carbons (Fsp3) is 0.500. The van der Waals surface area contributed by atoms with Crippen molar-refractivity contribution in [2.24, 2.45) is 0 Å². The average Bonchev–Trinajstić information content (AvgIpc) is 2.25. The zero-order valence-electron chi connectivity index (χ0n) is 9.29. The molecular weight excluding hydrogens is 226 g/mol. The summed E-state index contributed by atoms with van der Waals surface area (Å²) in [6.07, 6.45) is 0. The Kier molecular flexibility index (Phi) is 6.15. The van der Waals surface area contributed by atoms with Gasteiger partial charge in [0.2, 0.25) is 0 Å². The van der Waals surface area contributed by atoms with Crippen molar-refractivity contribution < 1.29 is 0 Å². The van der Waals surface area contributed by atoms with Gasteiger partial charge in [-0.05, 0) is 25.2 Å². The molecule has 0 aliphatic carbocycles. The minimum atomic E-state index is 0.697. The molecule has 1 radical (unpaired) electrons. The molecule has 0 aliphatic rings. The summed E-state index contributed by atoms with van der Waals surface area (Å²) in [5.41, 5.74) is 0. The molecule has 3 heteroatoms. The van der Waals surface area contributed by atoms with Crippen molar-refractivity contribution in [1.29, 1.82) is 0 Å². The van der Waals surface area contributed by atoms with Crippen LogP contribution in [0.1, 0.15) is 13.8 Å². The van der Waals surface area contributed by atoms with E-state index in [1.165, 1.54) is 4.90 Å². The van der Waals surface area contributed by atoms with Gasteiger partial charge in [-0.15, -0.1) is 11.8 Å². The average molecular weight is 243 g/mol. The normalized spacial score (nSPS) is 10.9. The first-order chi connectivity index (χ1) is 7.26. The molecule has 0 saturated carbocycles. The Hall–Kier alpha value is -0.180. The quantitative estimate of drug-likeness (QED) is 0.702. The van der Waals surface area contributed by atoms with E-state index in [0.717, 1.165) is 25.4 Å². The molecule has 0 amide bonds. The first-order valence-corrected chi connectivity index (χ1v) is 6.65. The van der Waals surface area contributed by atoms with Gasteiger partial charge >= 0.3 is 0 Å². The molecule has 0 saturated heterocycles. The number of hydrogen-bond donors (Lipinski definition) is 0. The summed E-state index contributed by atoms with van der Waals surface area (Å²) < 4.78 is 0. The van der Waals surface area contributed by atoms with Crippen LogP contribution in [0.25, 0.3) is 0 Å². The van der Waals surface area contributed by atoms with Gasteiger partial charge in [0.1, 0.15) is 0 Å². The highest BCUT2D eigenvalue weighted by Crippen LogP contribution is 2.20. The van der Waals surface area contributed by atoms with Crippen LogP contribution in [0.3, 0.4) is 0 Å². The maximum atomic E-state index is 5.86. The first-order valence-electron chi connectivity index (χ1n) is 5.28. The number of benzene rings is 1. The van der Waals surface area contributed by atoms with Crippen LogP contribution in [0.5, 0.6) is 0 Å². The third kappa shape index (κ3) is 4.92. The molecule has 1 aromatic rings. The van der Waals surface area contributed by atoms with Crippen LogP contribution in [-0.4, -0.2) is 30.3 Å². The molecule has 83 valence electrons. The lowest BCUT2D eigenvalue weighted by Crippen LogP contribution is -2.25. The highest BCUT2D eigenvalue weighted by molar-refractivity contribution is 7.99. The maximum Gasteiger partial charge on any atom is 0.0496 e. The van der Waals surface area contributed by atoms with Gasteiger partial charge in [-0.3, -0.25) is 0 Å². The number of thioether (sulfide) groups is 1. The van der Waals surface area contributed by atoms with Crippen molar-refractivity contribution in [2.45, 2.75) is 18.7 Å². The van der Waals surface area contributed by atoms with Gasteiger partial charge in [-0.25, -0.2) is 0 Å². The molecule has 0 heterocycles. The van der Waals surface area contributed by atoms with E-state index in [9.17, 15) is 0 Å². The summed E-state index contributed by atoms with van der Waals surface area (Å²) in [5.74, 6) is 1.11. The highest BCUT2D eigenvalue weighted by atomic mass is 35.5. The second kappa shape index (κ2) is 7.15. The lowest BCUT2D eigenvalue weighted by atomic mass is 10.4. The third-order valence-electron chi connectivity index (χ3n) is 2.31. The minimum absolute atomic E-state index is 0.697. The molecular formula is C12H17ClNS. The number of halogens is 1. The second-order valence-electron chi connectivity index (χ2n) is 3.25. The SMILES string of the molecule is CCN(CC)CCSc1cc[c]c(Cl)c1. The lowest BCUT2D eigenvalue weighted by Gasteiger charge is -2.17. The fourth-order valence-corrected chi connectivity index (χ4v) is 2.54. The van der Waals surface area contributed by atoms with Crippen LogP contribution in [-0.2, 0) is 0 Å². The Morgan fingerprint density at radius 2 is 2.13 bits per heavy atom. The largest absolute Gasteiger partial charge is 0.303 e. The Morgan fingerprint density at radius 3 is 2.73 bits per heavy atom. The van der Waals surface area contributed by atoms with Crippen molar-refractivity contribution in [1.82, 2.24) is 4.90 Å². The van der Waals surface area contributed by atoms with Gasteiger partial charge in [0.05, 0.1) is 0 Å². The van der Waals surface area contributed by atoms with Crippen LogP contribution in [0.15, 0.2) is 23.1 Å². The topological polar surface area (TPSA) is 3.24 Å². The summed E-state index contributed by atoms with van der Waals surface area (Å²) in [5, 5.41) is 0.697. The van der Waals surface area contributed by atoms with Crippen molar-refractivity contribution in [3.63, 3.8) is 0 Å². The van der Waals surface area contributed by atoms with Gasteiger partial charge < -0.3 is 4.90 Å². The molecule has 0 unspecified atom stereocenters. The highest BCUT2D eigenvalue weighted by Gasteiger charge is 2.00. The van der Waals surface area contributed by atoms with Crippen LogP contribution in [0, 0.1) is 6.07 Å². The molecule has 1 aromatic carbocycles. The van der Waals surface area contributed by atoms with Gasteiger partial charge in [0, 0.05) is 28.3 Å². The minimum Gasteiger partial charge on any atom is -0.303 e. The van der Waals surface area contributed by atoms with Crippen molar-refractivity contribution in [2.75, 3.05) is 25.4 Å². The summed E-state index contributed by atoms with van der Waals surface area (Å²) >= 11 is 7.71. The molecule has 0 spiro atoms. The zero-order chi connectivity index (χ0) is 11.1. The van der Waals surface area contributed by atoms with E-state index in [1.54, 1.807) is 0 Å². The first kappa shape index (κ1) is 12.9. The van der Waals surface area contributed by atoms with E-state index in [1.807, 2.05) is 23.9 Å². The third-order valence-corrected chi connectivity index (χ3v) is 3.50. The summed E-state index contributed by atoms with van der Waals surface area (Å²) in [6.45, 7) is 7.78. The van der Waals surface area contributed by atoms with Crippen molar-refractivity contribution >= 4 is 23.4 Å². The van der Waals surface area contributed by atoms with E-state index < -0.39 is 0 Å². The molecule has 1 nitrogen and oxygen atoms in total. The van der Waals surface area contributed by atoms with Crippen LogP contribution in [0.4, 0.5) is 0 Å². The van der Waals surface area contributed by atoms with Crippen LogP contribution >= 0.6 is 23.4 Å². The fourth-order valence-electron chi connectivity index (χ4n) is 1.34. The monoisotopic (exact) mass is 242 g/mol. The Bertz CT molecular complexity index is 287. The van der Waals surface area contributed by atoms with E-state index in [-0.39, 0.29) is 0 Å². The van der Waals surface area contributed by atoms with E-state index in [0.29, 0.717) is 5.02 Å². The Labute approximate surface area is 102 Å². The van der Waals surface area contributed by atoms with Crippen molar-refractivity contribution in [3.8, 4) is 0 Å².